The third-order valence-corrected chi connectivity index (χ3v) is 2.93. The number of methoxy groups -OCH3 is 1. The number of nitrogens with one attached hydrogen (secondary N) is 2. The van der Waals surface area contributed by atoms with E-state index in [1.54, 1.807) is 7.11 Å². The summed E-state index contributed by atoms with van der Waals surface area (Å²) in [6.07, 6.45) is 0.864. The van der Waals surface area contributed by atoms with Crippen molar-refractivity contribution >= 4 is 17.5 Å². The Kier molecular flexibility index (Phi) is 4.90. The molecule has 5 nitrogen and oxygen atoms in total. The maximum atomic E-state index is 5.14. The van der Waals surface area contributed by atoms with E-state index in [-0.39, 0.29) is 0 Å². The zero-order valence-corrected chi connectivity index (χ0v) is 12.1. The number of benzene rings is 1. The number of hydrogen-bond donors (Lipinski definition) is 2. The predicted octanol–water partition coefficient (Wildman–Crippen LogP) is 2.76. The summed E-state index contributed by atoms with van der Waals surface area (Å²) >= 11 is 0. The standard InChI is InChI=1S/C15H20N4O/c1-11-10-14(19-15(16-2)17-11)18-13-7-5-4-6-12(13)8-9-20-3/h4-7,10H,8-9H2,1-3H3,(H2,16,17,18,19). The molecular formula is C15H20N4O. The van der Waals surface area contributed by atoms with Crippen LogP contribution in [0.1, 0.15) is 11.3 Å². The van der Waals surface area contributed by atoms with Crippen molar-refractivity contribution in [2.45, 2.75) is 13.3 Å². The van der Waals surface area contributed by atoms with Crippen molar-refractivity contribution in [3.63, 3.8) is 0 Å². The van der Waals surface area contributed by atoms with Gasteiger partial charge in [0.2, 0.25) is 5.95 Å². The van der Waals surface area contributed by atoms with E-state index in [2.05, 4.69) is 26.7 Å². The van der Waals surface area contributed by atoms with E-state index < -0.39 is 0 Å². The quantitative estimate of drug-likeness (QED) is 0.846. The molecule has 2 aromatic rings. The zero-order chi connectivity index (χ0) is 14.4. The van der Waals surface area contributed by atoms with E-state index >= 15 is 0 Å². The van der Waals surface area contributed by atoms with Crippen LogP contribution >= 0.6 is 0 Å². The third-order valence-electron chi connectivity index (χ3n) is 2.93. The smallest absolute Gasteiger partial charge is 0.224 e. The largest absolute Gasteiger partial charge is 0.384 e. The van der Waals surface area contributed by atoms with Gasteiger partial charge in [0, 0.05) is 31.6 Å². The Morgan fingerprint density at radius 1 is 1.20 bits per heavy atom. The molecule has 0 amide bonds. The van der Waals surface area contributed by atoms with Crippen molar-refractivity contribution in [2.75, 3.05) is 31.4 Å². The van der Waals surface area contributed by atoms with Gasteiger partial charge in [0.15, 0.2) is 0 Å². The topological polar surface area (TPSA) is 59.1 Å². The molecule has 0 atom stereocenters. The van der Waals surface area contributed by atoms with Gasteiger partial charge in [0.1, 0.15) is 5.82 Å². The van der Waals surface area contributed by atoms with Gasteiger partial charge < -0.3 is 15.4 Å². The first-order valence-corrected chi connectivity index (χ1v) is 6.60. The summed E-state index contributed by atoms with van der Waals surface area (Å²) in [6, 6.07) is 10.1. The molecule has 1 aromatic heterocycles. The van der Waals surface area contributed by atoms with E-state index in [4.69, 9.17) is 4.74 Å². The van der Waals surface area contributed by atoms with Crippen LogP contribution in [0.15, 0.2) is 30.3 Å². The highest BCUT2D eigenvalue weighted by atomic mass is 16.5. The van der Waals surface area contributed by atoms with Crippen LogP contribution in [0.3, 0.4) is 0 Å². The molecule has 0 spiro atoms. The third kappa shape index (κ3) is 3.68. The Bertz CT molecular complexity index is 572. The number of nitrogens with zero attached hydrogens (tertiary/aromatic N) is 2. The molecular weight excluding hydrogens is 252 g/mol. The minimum atomic E-state index is 0.613. The fourth-order valence-electron chi connectivity index (χ4n) is 1.95. The molecule has 0 saturated carbocycles. The molecule has 0 radical (unpaired) electrons. The Morgan fingerprint density at radius 3 is 2.75 bits per heavy atom. The summed E-state index contributed by atoms with van der Waals surface area (Å²) in [7, 11) is 3.52. The molecule has 0 aliphatic carbocycles. The molecule has 0 saturated heterocycles. The summed E-state index contributed by atoms with van der Waals surface area (Å²) in [5.41, 5.74) is 3.17. The molecule has 0 aliphatic heterocycles. The summed E-state index contributed by atoms with van der Waals surface area (Å²) in [5.74, 6) is 1.40. The fourth-order valence-corrected chi connectivity index (χ4v) is 1.95. The van der Waals surface area contributed by atoms with Crippen LogP contribution in [0.4, 0.5) is 17.5 Å². The summed E-state index contributed by atoms with van der Waals surface area (Å²) in [5, 5.41) is 6.31. The van der Waals surface area contributed by atoms with E-state index in [0.29, 0.717) is 12.6 Å². The van der Waals surface area contributed by atoms with Gasteiger partial charge >= 0.3 is 0 Å². The van der Waals surface area contributed by atoms with Gasteiger partial charge in [0.05, 0.1) is 6.61 Å². The van der Waals surface area contributed by atoms with Crippen molar-refractivity contribution in [1.29, 1.82) is 0 Å². The first-order chi connectivity index (χ1) is 9.72. The van der Waals surface area contributed by atoms with Crippen LogP contribution in [-0.4, -0.2) is 30.7 Å². The predicted molar refractivity (Wildman–Crippen MR) is 81.6 cm³/mol. The highest BCUT2D eigenvalue weighted by Crippen LogP contribution is 2.21. The Hall–Kier alpha value is -2.14. The van der Waals surface area contributed by atoms with Gasteiger partial charge in [-0.3, -0.25) is 0 Å². The van der Waals surface area contributed by atoms with Gasteiger partial charge in [-0.15, -0.1) is 0 Å². The Labute approximate surface area is 119 Å². The molecule has 1 heterocycles. The van der Waals surface area contributed by atoms with Crippen molar-refractivity contribution < 1.29 is 4.74 Å². The van der Waals surface area contributed by atoms with Crippen molar-refractivity contribution in [3.8, 4) is 0 Å². The summed E-state index contributed by atoms with van der Waals surface area (Å²) in [6.45, 7) is 2.65. The lowest BCUT2D eigenvalue weighted by molar-refractivity contribution is 0.202. The molecule has 0 fully saturated rings. The first kappa shape index (κ1) is 14.3. The molecule has 2 N–H and O–H groups in total. The van der Waals surface area contributed by atoms with E-state index in [9.17, 15) is 0 Å². The van der Waals surface area contributed by atoms with Crippen LogP contribution in [0.25, 0.3) is 0 Å². The highest BCUT2D eigenvalue weighted by molar-refractivity contribution is 5.61. The monoisotopic (exact) mass is 272 g/mol. The lowest BCUT2D eigenvalue weighted by atomic mass is 10.1. The lowest BCUT2D eigenvalue weighted by Gasteiger charge is -2.12. The van der Waals surface area contributed by atoms with E-state index in [1.807, 2.05) is 38.2 Å². The molecule has 1 aromatic carbocycles. The van der Waals surface area contributed by atoms with E-state index in [0.717, 1.165) is 23.6 Å². The van der Waals surface area contributed by atoms with Gasteiger partial charge in [0.25, 0.3) is 0 Å². The number of ether oxygens (including phenoxy) is 1. The maximum Gasteiger partial charge on any atom is 0.224 e. The molecule has 0 bridgehead atoms. The van der Waals surface area contributed by atoms with Gasteiger partial charge in [-0.25, -0.2) is 4.98 Å². The normalized spacial score (nSPS) is 10.3. The number of aromatic nitrogens is 2. The van der Waals surface area contributed by atoms with Gasteiger partial charge in [-0.05, 0) is 25.0 Å². The molecule has 0 unspecified atom stereocenters. The zero-order valence-electron chi connectivity index (χ0n) is 12.1. The number of anilines is 3. The summed E-state index contributed by atoms with van der Waals surface area (Å²) < 4.78 is 5.14. The second-order valence-electron chi connectivity index (χ2n) is 4.49. The van der Waals surface area contributed by atoms with Crippen LogP contribution < -0.4 is 10.6 Å². The lowest BCUT2D eigenvalue weighted by Crippen LogP contribution is -2.04. The van der Waals surface area contributed by atoms with Crippen LogP contribution in [0.2, 0.25) is 0 Å². The average Bonchev–Trinajstić information content (AvgIpc) is 2.45. The van der Waals surface area contributed by atoms with E-state index in [1.165, 1.54) is 5.56 Å². The molecule has 2 rings (SSSR count). The first-order valence-electron chi connectivity index (χ1n) is 6.60. The van der Waals surface area contributed by atoms with Crippen molar-refractivity contribution in [1.82, 2.24) is 9.97 Å². The van der Waals surface area contributed by atoms with Crippen LogP contribution in [0.5, 0.6) is 0 Å². The molecule has 106 valence electrons. The second kappa shape index (κ2) is 6.86. The van der Waals surface area contributed by atoms with Gasteiger partial charge in [-0.2, -0.15) is 4.98 Å². The average molecular weight is 272 g/mol. The maximum absolute atomic E-state index is 5.14. The number of hydrogen-bond acceptors (Lipinski definition) is 5. The number of aryl methyl sites for hydroxylation is 1. The fraction of sp³-hybridized carbons (Fsp3) is 0.333. The summed E-state index contributed by atoms with van der Waals surface area (Å²) in [4.78, 5) is 8.69. The minimum Gasteiger partial charge on any atom is -0.384 e. The van der Waals surface area contributed by atoms with Crippen molar-refractivity contribution in [2.24, 2.45) is 0 Å². The Balaban J connectivity index is 2.23. The number of rotatable bonds is 6. The van der Waals surface area contributed by atoms with Crippen LogP contribution in [0, 0.1) is 6.92 Å². The van der Waals surface area contributed by atoms with Crippen molar-refractivity contribution in [3.05, 3.63) is 41.6 Å². The Morgan fingerprint density at radius 2 is 2.00 bits per heavy atom. The second-order valence-corrected chi connectivity index (χ2v) is 4.49. The SMILES string of the molecule is CNc1nc(C)cc(Nc2ccccc2CCOC)n1. The van der Waals surface area contributed by atoms with Gasteiger partial charge in [-0.1, -0.05) is 18.2 Å². The number of para-hydroxylation sites is 1. The molecule has 20 heavy (non-hydrogen) atoms. The highest BCUT2D eigenvalue weighted by Gasteiger charge is 2.05. The molecule has 5 heteroatoms. The molecule has 0 aliphatic rings. The minimum absolute atomic E-state index is 0.613. The van der Waals surface area contributed by atoms with Crippen LogP contribution in [-0.2, 0) is 11.2 Å².